The number of nitrogens with one attached hydrogen (secondary N) is 2. The van der Waals surface area contributed by atoms with Gasteiger partial charge in [0.15, 0.2) is 0 Å². The van der Waals surface area contributed by atoms with Gasteiger partial charge in [-0.15, -0.1) is 11.3 Å². The predicted molar refractivity (Wildman–Crippen MR) is 140 cm³/mol. The molecule has 1 amide bonds. The molecule has 6 rings (SSSR count). The van der Waals surface area contributed by atoms with Crippen LogP contribution in [0.15, 0.2) is 12.1 Å². The smallest absolute Gasteiger partial charge is 0.218 e. The zero-order chi connectivity index (χ0) is 24.6. The Morgan fingerprint density at radius 3 is 2.75 bits per heavy atom. The summed E-state index contributed by atoms with van der Waals surface area (Å²) in [5.74, 6) is 2.45. The summed E-state index contributed by atoms with van der Waals surface area (Å²) in [6, 6.07) is 4.32. The number of morpholine rings is 1. The number of carbonyl (C=O) groups excluding carboxylic acids is 1. The minimum Gasteiger partial charge on any atom is -0.490 e. The van der Waals surface area contributed by atoms with Crippen molar-refractivity contribution in [2.75, 3.05) is 37.4 Å². The fourth-order valence-corrected chi connectivity index (χ4v) is 7.28. The first kappa shape index (κ1) is 23.5. The minimum absolute atomic E-state index is 0.124. The third kappa shape index (κ3) is 4.74. The Kier molecular flexibility index (Phi) is 6.44. The first-order valence-corrected chi connectivity index (χ1v) is 13.7. The average molecular weight is 512 g/mol. The van der Waals surface area contributed by atoms with Gasteiger partial charge in [0.05, 0.1) is 24.7 Å². The largest absolute Gasteiger partial charge is 0.490 e. The van der Waals surface area contributed by atoms with Gasteiger partial charge in [0.25, 0.3) is 0 Å². The number of thiophene rings is 1. The van der Waals surface area contributed by atoms with Gasteiger partial charge < -0.3 is 26.3 Å². The molecule has 0 spiro atoms. The number of pyridine rings is 1. The van der Waals surface area contributed by atoms with Crippen molar-refractivity contribution < 1.29 is 14.3 Å². The van der Waals surface area contributed by atoms with Crippen molar-refractivity contribution in [3.8, 4) is 5.75 Å². The van der Waals surface area contributed by atoms with E-state index in [0.29, 0.717) is 29.9 Å². The maximum atomic E-state index is 11.8. The lowest BCUT2D eigenvalue weighted by Crippen LogP contribution is -2.46. The highest BCUT2D eigenvalue weighted by molar-refractivity contribution is 7.19. The molecular weight excluding hydrogens is 478 g/mol. The molecule has 1 atom stereocenters. The van der Waals surface area contributed by atoms with Crippen LogP contribution in [0, 0.1) is 0 Å². The number of carbonyl (C=O) groups is 1. The molecule has 10 nitrogen and oxygen atoms in total. The van der Waals surface area contributed by atoms with E-state index in [0.717, 1.165) is 80.8 Å². The molecular formula is C25H33N7O3S. The molecule has 3 aromatic rings. The molecule has 0 radical (unpaired) electrons. The Balaban J connectivity index is 1.28. The summed E-state index contributed by atoms with van der Waals surface area (Å²) in [7, 11) is 0. The van der Waals surface area contributed by atoms with Crippen LogP contribution in [0.25, 0.3) is 10.2 Å². The van der Waals surface area contributed by atoms with E-state index in [9.17, 15) is 4.79 Å². The molecule has 3 aromatic heterocycles. The number of fused-ring (bicyclic) bond motifs is 3. The predicted octanol–water partition coefficient (Wildman–Crippen LogP) is 3.27. The van der Waals surface area contributed by atoms with Gasteiger partial charge in [-0.25, -0.2) is 4.98 Å². The number of primary amides is 1. The highest BCUT2D eigenvalue weighted by atomic mass is 32.1. The number of aromatic nitrogens is 3. The Hall–Kier alpha value is -2.89. The zero-order valence-electron chi connectivity index (χ0n) is 20.3. The third-order valence-electron chi connectivity index (χ3n) is 7.68. The minimum atomic E-state index is -0.265. The van der Waals surface area contributed by atoms with Gasteiger partial charge in [0.2, 0.25) is 5.91 Å². The average Bonchev–Trinajstić information content (AvgIpc) is 3.56. The van der Waals surface area contributed by atoms with E-state index in [2.05, 4.69) is 20.4 Å². The number of rotatable bonds is 7. The lowest BCUT2D eigenvalue weighted by Gasteiger charge is -2.38. The molecule has 192 valence electrons. The Bertz CT molecular complexity index is 1240. The van der Waals surface area contributed by atoms with Crippen molar-refractivity contribution in [2.45, 2.75) is 63.0 Å². The lowest BCUT2D eigenvalue weighted by molar-refractivity contribution is -0.118. The van der Waals surface area contributed by atoms with E-state index in [1.807, 2.05) is 6.07 Å². The number of ether oxygens (including phenoxy) is 2. The summed E-state index contributed by atoms with van der Waals surface area (Å²) < 4.78 is 12.3. The summed E-state index contributed by atoms with van der Waals surface area (Å²) in [5.41, 5.74) is 12.6. The molecule has 6 N–H and O–H groups in total. The van der Waals surface area contributed by atoms with Gasteiger partial charge in [-0.3, -0.25) is 14.8 Å². The summed E-state index contributed by atoms with van der Waals surface area (Å²) >= 11 is 1.69. The second kappa shape index (κ2) is 9.87. The SMILES string of the molecule is NC(=O)C[C@H]1CCc2sc3nc(Nc4cc(N)n[nH]4)cc(O[C@H]4CC[C@H](N5CCOCC5)CC4)c3c21. The number of anilines is 3. The Morgan fingerprint density at radius 2 is 2.03 bits per heavy atom. The zero-order valence-corrected chi connectivity index (χ0v) is 21.1. The van der Waals surface area contributed by atoms with Crippen LogP contribution < -0.4 is 21.5 Å². The van der Waals surface area contributed by atoms with E-state index in [4.69, 9.17) is 25.9 Å². The van der Waals surface area contributed by atoms with Crippen molar-refractivity contribution in [3.05, 3.63) is 22.6 Å². The Morgan fingerprint density at radius 1 is 1.22 bits per heavy atom. The van der Waals surface area contributed by atoms with Gasteiger partial charge in [0, 0.05) is 42.6 Å². The van der Waals surface area contributed by atoms with E-state index in [1.165, 1.54) is 10.4 Å². The highest BCUT2D eigenvalue weighted by Crippen LogP contribution is 2.49. The maximum absolute atomic E-state index is 11.8. The monoisotopic (exact) mass is 511 g/mol. The van der Waals surface area contributed by atoms with Crippen LogP contribution in [0.5, 0.6) is 5.75 Å². The summed E-state index contributed by atoms with van der Waals surface area (Å²) in [4.78, 5) is 21.4. The summed E-state index contributed by atoms with van der Waals surface area (Å²) in [6.07, 6.45) is 6.68. The fraction of sp³-hybridized carbons (Fsp3) is 0.560. The number of nitrogen functional groups attached to an aromatic ring is 1. The number of amides is 1. The fourth-order valence-electron chi connectivity index (χ4n) is 5.99. The van der Waals surface area contributed by atoms with Gasteiger partial charge in [-0.1, -0.05) is 0 Å². The molecule has 3 aliphatic rings. The van der Waals surface area contributed by atoms with Crippen molar-refractivity contribution in [1.29, 1.82) is 0 Å². The number of nitrogens with zero attached hydrogens (tertiary/aromatic N) is 3. The van der Waals surface area contributed by atoms with Gasteiger partial charge in [-0.05, 0) is 50.0 Å². The molecule has 11 heteroatoms. The van der Waals surface area contributed by atoms with Crippen LogP contribution in [-0.4, -0.2) is 64.4 Å². The first-order valence-electron chi connectivity index (χ1n) is 12.8. The molecule has 4 heterocycles. The molecule has 1 aliphatic heterocycles. The van der Waals surface area contributed by atoms with Crippen LogP contribution in [-0.2, 0) is 16.0 Å². The first-order chi connectivity index (χ1) is 17.5. The summed E-state index contributed by atoms with van der Waals surface area (Å²) in [6.45, 7) is 3.71. The van der Waals surface area contributed by atoms with E-state index in [-0.39, 0.29) is 17.9 Å². The molecule has 0 unspecified atom stereocenters. The lowest BCUT2D eigenvalue weighted by atomic mass is 9.91. The number of hydrogen-bond acceptors (Lipinski definition) is 9. The number of nitrogens with two attached hydrogens (primary N) is 2. The van der Waals surface area contributed by atoms with Crippen LogP contribution in [0.2, 0.25) is 0 Å². The normalized spacial score (nSPS) is 24.6. The van der Waals surface area contributed by atoms with E-state index < -0.39 is 0 Å². The molecule has 1 saturated heterocycles. The number of hydrogen-bond donors (Lipinski definition) is 4. The molecule has 2 aliphatic carbocycles. The molecule has 2 fully saturated rings. The van der Waals surface area contributed by atoms with Crippen LogP contribution in [0.3, 0.4) is 0 Å². The quantitative estimate of drug-likeness (QED) is 0.378. The number of aryl methyl sites for hydroxylation is 1. The van der Waals surface area contributed by atoms with E-state index in [1.54, 1.807) is 17.4 Å². The summed E-state index contributed by atoms with van der Waals surface area (Å²) in [5, 5.41) is 11.2. The molecule has 1 saturated carbocycles. The molecule has 0 bridgehead atoms. The topological polar surface area (TPSA) is 144 Å². The standard InChI is InChI=1S/C25H33N7O3S/c26-19-13-22(31-30-19)28-21-12-17(35-16-4-2-15(3-5-16)32-7-9-34-10-8-32)24-23-14(11-20(27)33)1-6-18(23)36-25(24)29-21/h12-16H,1-11H2,(H2,27,33)(H4,26,28,29,30,31)/t14-,15-,16-/m1/s1. The van der Waals surface area contributed by atoms with Gasteiger partial charge in [-0.2, -0.15) is 5.10 Å². The van der Waals surface area contributed by atoms with Crippen LogP contribution in [0.1, 0.15) is 54.9 Å². The maximum Gasteiger partial charge on any atom is 0.218 e. The second-order valence-corrected chi connectivity index (χ2v) is 11.1. The number of aromatic amines is 1. The molecule has 0 aromatic carbocycles. The number of H-pyrrole nitrogens is 1. The third-order valence-corrected chi connectivity index (χ3v) is 8.83. The molecule has 36 heavy (non-hydrogen) atoms. The van der Waals surface area contributed by atoms with Gasteiger partial charge >= 0.3 is 0 Å². The van der Waals surface area contributed by atoms with Crippen molar-refractivity contribution in [3.63, 3.8) is 0 Å². The van der Waals surface area contributed by atoms with Crippen molar-refractivity contribution in [2.24, 2.45) is 5.73 Å². The Labute approximate surface area is 213 Å². The van der Waals surface area contributed by atoms with E-state index >= 15 is 0 Å². The highest BCUT2D eigenvalue weighted by Gasteiger charge is 2.33. The van der Waals surface area contributed by atoms with Crippen LogP contribution in [0.4, 0.5) is 17.5 Å². The van der Waals surface area contributed by atoms with Crippen molar-refractivity contribution >= 4 is 44.9 Å². The van der Waals surface area contributed by atoms with Crippen LogP contribution >= 0.6 is 11.3 Å². The van der Waals surface area contributed by atoms with Gasteiger partial charge in [0.1, 0.15) is 28.0 Å². The van der Waals surface area contributed by atoms with Crippen molar-refractivity contribution in [1.82, 2.24) is 20.1 Å². The second-order valence-electron chi connectivity index (χ2n) is 10.1.